The first-order chi connectivity index (χ1) is 30.2. The van der Waals surface area contributed by atoms with Gasteiger partial charge in [-0.3, -0.25) is 0 Å². The van der Waals surface area contributed by atoms with E-state index < -0.39 is 5.41 Å². The predicted molar refractivity (Wildman–Crippen MR) is 249 cm³/mol. The maximum Gasteiger partial charge on any atom is 0.164 e. The Kier molecular flexibility index (Phi) is 8.07. The van der Waals surface area contributed by atoms with Crippen LogP contribution in [0, 0.1) is 0 Å². The van der Waals surface area contributed by atoms with Crippen LogP contribution in [0.2, 0.25) is 0 Å². The number of nitrogens with zero attached hydrogens (tertiary/aromatic N) is 3. The molecule has 3 nitrogen and oxygen atoms in total. The van der Waals surface area contributed by atoms with Crippen LogP contribution in [-0.2, 0) is 5.41 Å². The fraction of sp³-hybridized carbons (Fsp3) is 0.0172. The van der Waals surface area contributed by atoms with Crippen molar-refractivity contribution in [2.75, 3.05) is 0 Å². The molecule has 1 heterocycles. The van der Waals surface area contributed by atoms with Gasteiger partial charge in [0, 0.05) is 16.7 Å². The molecular weight excluding hydrogens is 739 g/mol. The summed E-state index contributed by atoms with van der Waals surface area (Å²) in [5.41, 5.74) is 19.2. The van der Waals surface area contributed by atoms with Crippen LogP contribution in [0.1, 0.15) is 22.3 Å². The lowest BCUT2D eigenvalue weighted by molar-refractivity contribution is 0.775. The maximum absolute atomic E-state index is 5.35. The van der Waals surface area contributed by atoms with Crippen molar-refractivity contribution < 1.29 is 0 Å². The smallest absolute Gasteiger partial charge is 0.164 e. The predicted octanol–water partition coefficient (Wildman–Crippen LogP) is 14.2. The van der Waals surface area contributed by atoms with Crippen LogP contribution in [0.25, 0.3) is 89.8 Å². The zero-order valence-electron chi connectivity index (χ0n) is 33.2. The molecule has 0 N–H and O–H groups in total. The average molecular weight is 776 g/mol. The Morgan fingerprint density at radius 2 is 0.557 bits per heavy atom. The Morgan fingerprint density at radius 3 is 1.05 bits per heavy atom. The minimum Gasteiger partial charge on any atom is -0.208 e. The highest BCUT2D eigenvalue weighted by Gasteiger charge is 2.49. The van der Waals surface area contributed by atoms with Gasteiger partial charge in [-0.05, 0) is 102 Å². The first-order valence-electron chi connectivity index (χ1n) is 20.9. The summed E-state index contributed by atoms with van der Waals surface area (Å²) in [6.45, 7) is 0. The Hall–Kier alpha value is -8.01. The molecular formula is C58H37N3. The van der Waals surface area contributed by atoms with Gasteiger partial charge in [0.15, 0.2) is 17.5 Å². The summed E-state index contributed by atoms with van der Waals surface area (Å²) in [4.78, 5) is 15.8. The summed E-state index contributed by atoms with van der Waals surface area (Å²) in [7, 11) is 0. The summed E-state index contributed by atoms with van der Waals surface area (Å²) in [5.74, 6) is 1.89. The maximum atomic E-state index is 5.35. The highest BCUT2D eigenvalue weighted by molar-refractivity contribution is 5.97. The number of hydrogen-bond acceptors (Lipinski definition) is 3. The standard InChI is InChI=1S/C58H37N3/c1-4-18-38(19-5-1)42-34-43(39-20-6-2-7-21-39)36-44(35-42)57-60-55(40-22-8-3-9-23-40)59-56(61-57)41-32-33-54-50(37-41)49-28-14-17-31-53(49)58(54)51-29-15-12-26-47(51)45-24-10-11-25-46(45)48-27-13-16-30-52(48)58/h1-37H. The van der Waals surface area contributed by atoms with Gasteiger partial charge in [0.1, 0.15) is 0 Å². The quantitative estimate of drug-likeness (QED) is 0.175. The van der Waals surface area contributed by atoms with Gasteiger partial charge in [-0.1, -0.05) is 200 Å². The van der Waals surface area contributed by atoms with E-state index in [9.17, 15) is 0 Å². The molecule has 0 fully saturated rings. The summed E-state index contributed by atoms with van der Waals surface area (Å²) >= 11 is 0. The minimum atomic E-state index is -0.554. The van der Waals surface area contributed by atoms with Gasteiger partial charge in [0.05, 0.1) is 5.41 Å². The van der Waals surface area contributed by atoms with Gasteiger partial charge < -0.3 is 0 Å². The zero-order chi connectivity index (χ0) is 40.3. The molecule has 0 atom stereocenters. The lowest BCUT2D eigenvalue weighted by Crippen LogP contribution is -2.29. The fourth-order valence-electron chi connectivity index (χ4n) is 9.89. The molecule has 0 saturated heterocycles. The Morgan fingerprint density at radius 1 is 0.213 bits per heavy atom. The van der Waals surface area contributed by atoms with E-state index in [4.69, 9.17) is 15.0 Å². The van der Waals surface area contributed by atoms with Crippen molar-refractivity contribution in [2.45, 2.75) is 5.41 Å². The highest BCUT2D eigenvalue weighted by Crippen LogP contribution is 2.61. The molecule has 0 amide bonds. The van der Waals surface area contributed by atoms with Gasteiger partial charge in [-0.15, -0.1) is 0 Å². The fourth-order valence-corrected chi connectivity index (χ4v) is 9.89. The summed E-state index contributed by atoms with van der Waals surface area (Å²) in [6.07, 6.45) is 0. The number of hydrogen-bond donors (Lipinski definition) is 0. The van der Waals surface area contributed by atoms with Crippen LogP contribution in [0.4, 0.5) is 0 Å². The minimum absolute atomic E-state index is 0.554. The van der Waals surface area contributed by atoms with Crippen LogP contribution in [0.3, 0.4) is 0 Å². The van der Waals surface area contributed by atoms with Crippen LogP contribution in [-0.4, -0.2) is 15.0 Å². The Labute approximate surface area is 355 Å². The third-order valence-corrected chi connectivity index (χ3v) is 12.5. The SMILES string of the molecule is c1ccc(-c2cc(-c3ccccc3)cc(-c3nc(-c4ccccc4)nc(-c4ccc5c(c4)-c4ccccc4C54c5ccccc5-c5ccccc5-c5ccccc54)n3)c2)cc1. The lowest BCUT2D eigenvalue weighted by atomic mass is 9.66. The van der Waals surface area contributed by atoms with Gasteiger partial charge in [0.2, 0.25) is 0 Å². The molecule has 9 aromatic carbocycles. The number of aromatic nitrogens is 3. The number of benzene rings is 9. The van der Waals surface area contributed by atoms with Crippen LogP contribution in [0.5, 0.6) is 0 Å². The summed E-state index contributed by atoms with van der Waals surface area (Å²) in [5, 5.41) is 0. The van der Waals surface area contributed by atoms with Crippen LogP contribution >= 0.6 is 0 Å². The summed E-state index contributed by atoms with van der Waals surface area (Å²) < 4.78 is 0. The van der Waals surface area contributed by atoms with Crippen molar-refractivity contribution in [3.05, 3.63) is 247 Å². The Balaban J connectivity index is 1.10. The Bertz CT molecular complexity index is 3180. The van der Waals surface area contributed by atoms with Crippen molar-refractivity contribution >= 4 is 0 Å². The first-order valence-corrected chi connectivity index (χ1v) is 20.9. The van der Waals surface area contributed by atoms with Crippen LogP contribution < -0.4 is 0 Å². The van der Waals surface area contributed by atoms with E-state index in [1.54, 1.807) is 0 Å². The van der Waals surface area contributed by atoms with Gasteiger partial charge in [-0.2, -0.15) is 0 Å². The third-order valence-electron chi connectivity index (χ3n) is 12.5. The molecule has 12 rings (SSSR count). The monoisotopic (exact) mass is 775 g/mol. The second kappa shape index (κ2) is 14.1. The van der Waals surface area contributed by atoms with Gasteiger partial charge in [-0.25, -0.2) is 15.0 Å². The van der Waals surface area contributed by atoms with Crippen molar-refractivity contribution in [1.29, 1.82) is 0 Å². The molecule has 2 aliphatic carbocycles. The van der Waals surface area contributed by atoms with E-state index in [1.807, 2.05) is 18.2 Å². The molecule has 3 heteroatoms. The summed E-state index contributed by atoms with van der Waals surface area (Å²) in [6, 6.07) is 80.7. The molecule has 284 valence electrons. The molecule has 0 unspecified atom stereocenters. The molecule has 0 aliphatic heterocycles. The normalized spacial score (nSPS) is 12.7. The zero-order valence-corrected chi connectivity index (χ0v) is 33.2. The number of rotatable bonds is 5. The largest absolute Gasteiger partial charge is 0.208 e. The van der Waals surface area contributed by atoms with E-state index in [0.717, 1.165) is 38.9 Å². The third kappa shape index (κ3) is 5.55. The van der Waals surface area contributed by atoms with Crippen LogP contribution in [0.15, 0.2) is 224 Å². The second-order valence-corrected chi connectivity index (χ2v) is 15.9. The van der Waals surface area contributed by atoms with Crippen molar-refractivity contribution in [1.82, 2.24) is 15.0 Å². The van der Waals surface area contributed by atoms with Crippen molar-refractivity contribution in [3.8, 4) is 89.8 Å². The van der Waals surface area contributed by atoms with Gasteiger partial charge in [0.25, 0.3) is 0 Å². The molecule has 1 aromatic heterocycles. The lowest BCUT2D eigenvalue weighted by Gasteiger charge is -2.35. The molecule has 61 heavy (non-hydrogen) atoms. The first kappa shape index (κ1) is 35.0. The van der Waals surface area contributed by atoms with Gasteiger partial charge >= 0.3 is 0 Å². The molecule has 2 aliphatic rings. The molecule has 10 aromatic rings. The van der Waals surface area contributed by atoms with E-state index in [-0.39, 0.29) is 0 Å². The molecule has 1 spiro atoms. The highest BCUT2D eigenvalue weighted by atomic mass is 15.0. The van der Waals surface area contributed by atoms with Crippen molar-refractivity contribution in [3.63, 3.8) is 0 Å². The average Bonchev–Trinajstić information content (AvgIpc) is 3.58. The number of fused-ring (bicyclic) bond motifs is 12. The second-order valence-electron chi connectivity index (χ2n) is 15.9. The van der Waals surface area contributed by atoms with E-state index in [2.05, 4.69) is 206 Å². The van der Waals surface area contributed by atoms with Crippen molar-refractivity contribution in [2.24, 2.45) is 0 Å². The molecule has 0 bridgehead atoms. The van der Waals surface area contributed by atoms with E-state index in [1.165, 1.54) is 55.6 Å². The van der Waals surface area contributed by atoms with E-state index in [0.29, 0.717) is 17.5 Å². The molecule has 0 saturated carbocycles. The van der Waals surface area contributed by atoms with E-state index >= 15 is 0 Å². The molecule has 0 radical (unpaired) electrons. The topological polar surface area (TPSA) is 38.7 Å².